The van der Waals surface area contributed by atoms with Crippen molar-refractivity contribution in [3.05, 3.63) is 35.1 Å². The van der Waals surface area contributed by atoms with Crippen LogP contribution in [0.5, 0.6) is 0 Å². The van der Waals surface area contributed by atoms with Gasteiger partial charge in [0.25, 0.3) is 0 Å². The summed E-state index contributed by atoms with van der Waals surface area (Å²) in [7, 11) is 0. The van der Waals surface area contributed by atoms with Gasteiger partial charge in [0.15, 0.2) is 0 Å². The van der Waals surface area contributed by atoms with Crippen molar-refractivity contribution in [3.8, 4) is 6.07 Å². The number of ether oxygens (including phenoxy) is 1. The Hall–Kier alpha value is -2.13. The summed E-state index contributed by atoms with van der Waals surface area (Å²) in [4.78, 5) is 14.6. The van der Waals surface area contributed by atoms with Crippen LogP contribution in [0, 0.1) is 17.1 Å². The molecule has 1 N–H and O–H groups in total. The topological polar surface area (TPSA) is 65.4 Å². The summed E-state index contributed by atoms with van der Waals surface area (Å²) in [6, 6.07) is 6.30. The normalized spacial score (nSPS) is 20.4. The van der Waals surface area contributed by atoms with Gasteiger partial charge in [-0.3, -0.25) is 0 Å². The fourth-order valence-electron chi connectivity index (χ4n) is 3.65. The molecule has 2 amide bonds. The van der Waals surface area contributed by atoms with Crippen molar-refractivity contribution >= 4 is 6.03 Å². The van der Waals surface area contributed by atoms with Gasteiger partial charge in [0.05, 0.1) is 17.7 Å². The van der Waals surface area contributed by atoms with Gasteiger partial charge in [-0.2, -0.15) is 5.26 Å². The molecule has 6 heteroatoms. The lowest BCUT2D eigenvalue weighted by Gasteiger charge is -2.31. The highest BCUT2D eigenvalue weighted by molar-refractivity contribution is 5.74. The Morgan fingerprint density at radius 3 is 2.76 bits per heavy atom. The largest absolute Gasteiger partial charge is 0.376 e. The van der Waals surface area contributed by atoms with Gasteiger partial charge in [-0.15, -0.1) is 0 Å². The van der Waals surface area contributed by atoms with Gasteiger partial charge >= 0.3 is 6.03 Å². The monoisotopic (exact) mass is 345 g/mol. The van der Waals surface area contributed by atoms with Gasteiger partial charge in [-0.05, 0) is 37.8 Å². The summed E-state index contributed by atoms with van der Waals surface area (Å²) >= 11 is 0. The number of carbonyl (C=O) groups is 1. The second-order valence-electron chi connectivity index (χ2n) is 6.80. The molecular formula is C19H24FN3O2. The molecule has 0 bridgehead atoms. The maximum atomic E-state index is 14.0. The Morgan fingerprint density at radius 2 is 2.12 bits per heavy atom. The number of halogens is 1. The van der Waals surface area contributed by atoms with Crippen LogP contribution < -0.4 is 5.32 Å². The first-order valence-corrected chi connectivity index (χ1v) is 9.02. The lowest BCUT2D eigenvalue weighted by Crippen LogP contribution is -2.48. The third-order valence-corrected chi connectivity index (χ3v) is 5.06. The van der Waals surface area contributed by atoms with Gasteiger partial charge in [0.1, 0.15) is 5.82 Å². The molecule has 1 aromatic rings. The molecule has 2 fully saturated rings. The fraction of sp³-hybridized carbons (Fsp3) is 0.579. The Kier molecular flexibility index (Phi) is 5.87. The van der Waals surface area contributed by atoms with Crippen LogP contribution in [-0.2, 0) is 11.3 Å². The van der Waals surface area contributed by atoms with E-state index in [9.17, 15) is 9.18 Å². The third kappa shape index (κ3) is 4.49. The highest BCUT2D eigenvalue weighted by Gasteiger charge is 2.30. The Labute approximate surface area is 147 Å². The fourth-order valence-corrected chi connectivity index (χ4v) is 3.65. The van der Waals surface area contributed by atoms with Crippen molar-refractivity contribution in [1.82, 2.24) is 10.2 Å². The summed E-state index contributed by atoms with van der Waals surface area (Å²) in [5.41, 5.74) is 0.661. The number of nitrogens with one attached hydrogen (secondary N) is 1. The molecule has 1 saturated heterocycles. The van der Waals surface area contributed by atoms with Crippen LogP contribution in [0.3, 0.4) is 0 Å². The van der Waals surface area contributed by atoms with E-state index in [0.717, 1.165) is 45.1 Å². The van der Waals surface area contributed by atoms with Crippen molar-refractivity contribution in [2.75, 3.05) is 13.2 Å². The molecule has 25 heavy (non-hydrogen) atoms. The molecule has 1 heterocycles. The number of hydrogen-bond acceptors (Lipinski definition) is 3. The number of carbonyl (C=O) groups excluding carboxylic acids is 1. The summed E-state index contributed by atoms with van der Waals surface area (Å²) < 4.78 is 19.7. The molecule has 0 aromatic heterocycles. The molecule has 0 spiro atoms. The summed E-state index contributed by atoms with van der Waals surface area (Å²) in [6.45, 7) is 1.48. The maximum absolute atomic E-state index is 14.0. The number of amides is 2. The van der Waals surface area contributed by atoms with Crippen LogP contribution in [0.1, 0.15) is 49.7 Å². The van der Waals surface area contributed by atoms with Crippen LogP contribution in [0.15, 0.2) is 18.2 Å². The zero-order valence-corrected chi connectivity index (χ0v) is 14.3. The quantitative estimate of drug-likeness (QED) is 0.890. The number of benzene rings is 1. The molecular weight excluding hydrogens is 321 g/mol. The van der Waals surface area contributed by atoms with E-state index in [2.05, 4.69) is 5.32 Å². The average molecular weight is 345 g/mol. The number of urea groups is 1. The van der Waals surface area contributed by atoms with E-state index in [1.807, 2.05) is 11.0 Å². The lowest BCUT2D eigenvalue weighted by molar-refractivity contribution is 0.0698. The number of hydrogen-bond donors (Lipinski definition) is 1. The van der Waals surface area contributed by atoms with Gasteiger partial charge in [-0.1, -0.05) is 18.9 Å². The molecule has 1 saturated carbocycles. The smallest absolute Gasteiger partial charge is 0.318 e. The van der Waals surface area contributed by atoms with E-state index in [1.165, 1.54) is 6.07 Å². The number of nitrogens with zero attached hydrogens (tertiary/aromatic N) is 2. The molecule has 2 aliphatic rings. The van der Waals surface area contributed by atoms with Crippen molar-refractivity contribution < 1.29 is 13.9 Å². The van der Waals surface area contributed by atoms with Gasteiger partial charge in [-0.25, -0.2) is 9.18 Å². The van der Waals surface area contributed by atoms with E-state index < -0.39 is 5.82 Å². The SMILES string of the molecule is N#Cc1ccc(CNC(=O)N(C[C@H]2CCCO2)C2CCCC2)c(F)c1. The molecule has 1 aliphatic carbocycles. The van der Waals surface area contributed by atoms with Crippen LogP contribution in [0.2, 0.25) is 0 Å². The van der Waals surface area contributed by atoms with Crippen LogP contribution in [0.25, 0.3) is 0 Å². The van der Waals surface area contributed by atoms with Crippen molar-refractivity contribution in [3.63, 3.8) is 0 Å². The maximum Gasteiger partial charge on any atom is 0.318 e. The molecule has 1 atom stereocenters. The highest BCUT2D eigenvalue weighted by atomic mass is 19.1. The van der Waals surface area contributed by atoms with Crippen molar-refractivity contribution in [2.24, 2.45) is 0 Å². The van der Waals surface area contributed by atoms with E-state index in [4.69, 9.17) is 10.00 Å². The minimum absolute atomic E-state index is 0.109. The van der Waals surface area contributed by atoms with E-state index in [0.29, 0.717) is 12.1 Å². The van der Waals surface area contributed by atoms with Gasteiger partial charge < -0.3 is 15.0 Å². The zero-order valence-electron chi connectivity index (χ0n) is 14.3. The molecule has 0 unspecified atom stereocenters. The van der Waals surface area contributed by atoms with Crippen LogP contribution >= 0.6 is 0 Å². The van der Waals surface area contributed by atoms with Gasteiger partial charge in [0.2, 0.25) is 0 Å². The van der Waals surface area contributed by atoms with E-state index in [1.54, 1.807) is 12.1 Å². The molecule has 1 aliphatic heterocycles. The second-order valence-corrected chi connectivity index (χ2v) is 6.80. The van der Waals surface area contributed by atoms with Crippen molar-refractivity contribution in [1.29, 1.82) is 5.26 Å². The molecule has 5 nitrogen and oxygen atoms in total. The molecule has 1 aromatic carbocycles. The predicted octanol–water partition coefficient (Wildman–Crippen LogP) is 3.33. The lowest BCUT2D eigenvalue weighted by atomic mass is 10.1. The standard InChI is InChI=1S/C19H24FN3O2/c20-18-10-14(11-21)7-8-15(18)12-22-19(24)23(16-4-1-2-5-16)13-17-6-3-9-25-17/h7-8,10,16-17H,1-6,9,12-13H2,(H,22,24)/t17-/m1/s1. The van der Waals surface area contributed by atoms with E-state index >= 15 is 0 Å². The molecule has 134 valence electrons. The van der Waals surface area contributed by atoms with E-state index in [-0.39, 0.29) is 30.3 Å². The Morgan fingerprint density at radius 1 is 1.32 bits per heavy atom. The summed E-state index contributed by atoms with van der Waals surface area (Å²) in [6.07, 6.45) is 6.46. The average Bonchev–Trinajstić information content (AvgIpc) is 3.31. The number of rotatable bonds is 5. The first kappa shape index (κ1) is 17.7. The number of nitriles is 1. The first-order valence-electron chi connectivity index (χ1n) is 9.02. The van der Waals surface area contributed by atoms with Crippen molar-refractivity contribution in [2.45, 2.75) is 57.2 Å². The van der Waals surface area contributed by atoms with Gasteiger partial charge in [0, 0.05) is 31.3 Å². The van der Waals surface area contributed by atoms with Crippen LogP contribution in [-0.4, -0.2) is 36.2 Å². The predicted molar refractivity (Wildman–Crippen MR) is 91.3 cm³/mol. The summed E-state index contributed by atoms with van der Waals surface area (Å²) in [5.74, 6) is -0.467. The highest BCUT2D eigenvalue weighted by Crippen LogP contribution is 2.25. The third-order valence-electron chi connectivity index (χ3n) is 5.06. The Balaban J connectivity index is 1.62. The molecule has 3 rings (SSSR count). The minimum Gasteiger partial charge on any atom is -0.376 e. The second kappa shape index (κ2) is 8.30. The minimum atomic E-state index is -0.467. The summed E-state index contributed by atoms with van der Waals surface area (Å²) in [5, 5.41) is 11.6. The van der Waals surface area contributed by atoms with Crippen LogP contribution in [0.4, 0.5) is 9.18 Å². The first-order chi connectivity index (χ1) is 12.2. The molecule has 0 radical (unpaired) electrons. The Bertz CT molecular complexity index is 647. The zero-order chi connectivity index (χ0) is 17.6.